The van der Waals surface area contributed by atoms with E-state index in [1.54, 1.807) is 5.01 Å². The summed E-state index contributed by atoms with van der Waals surface area (Å²) in [5.41, 5.74) is 5.73. The summed E-state index contributed by atoms with van der Waals surface area (Å²) in [6.45, 7) is 2.10. The maximum Gasteiger partial charge on any atom is 0.308 e. The van der Waals surface area contributed by atoms with Crippen LogP contribution in [-0.4, -0.2) is 52.7 Å². The van der Waals surface area contributed by atoms with Gasteiger partial charge in [-0.05, 0) is 19.3 Å². The van der Waals surface area contributed by atoms with E-state index in [2.05, 4.69) is 0 Å². The van der Waals surface area contributed by atoms with Gasteiger partial charge in [-0.15, -0.1) is 0 Å². The summed E-state index contributed by atoms with van der Waals surface area (Å²) < 4.78 is 0. The third kappa shape index (κ3) is 1.90. The van der Waals surface area contributed by atoms with Gasteiger partial charge in [-0.2, -0.15) is 0 Å². The second-order valence-corrected chi connectivity index (χ2v) is 4.38. The van der Waals surface area contributed by atoms with Crippen LogP contribution in [0.25, 0.3) is 0 Å². The van der Waals surface area contributed by atoms with Gasteiger partial charge in [-0.25, -0.2) is 5.01 Å². The van der Waals surface area contributed by atoms with E-state index < -0.39 is 17.9 Å². The molecule has 16 heavy (non-hydrogen) atoms. The number of carboxylic acid groups (broad SMARTS) is 1. The van der Waals surface area contributed by atoms with Crippen LogP contribution in [0, 0.1) is 5.92 Å². The first kappa shape index (κ1) is 11.3. The van der Waals surface area contributed by atoms with Crippen molar-refractivity contribution in [3.05, 3.63) is 0 Å². The average Bonchev–Trinajstić information content (AvgIpc) is 2.39. The van der Waals surface area contributed by atoms with Gasteiger partial charge in [0.2, 0.25) is 0 Å². The molecule has 0 radical (unpaired) electrons. The standard InChI is InChI=1S/C10H17N3O3/c11-8-7(10(15)16)3-6-12-4-1-2-5-13(12)9(8)14/h7-8H,1-6,11H2,(H,15,16)/t7-,8-/m0/s1. The third-order valence-corrected chi connectivity index (χ3v) is 3.37. The van der Waals surface area contributed by atoms with Gasteiger partial charge in [0, 0.05) is 19.6 Å². The van der Waals surface area contributed by atoms with Crippen molar-refractivity contribution in [2.24, 2.45) is 11.7 Å². The van der Waals surface area contributed by atoms with Gasteiger partial charge >= 0.3 is 5.97 Å². The van der Waals surface area contributed by atoms with Crippen LogP contribution in [-0.2, 0) is 9.59 Å². The minimum atomic E-state index is -0.970. The Kier molecular flexibility index (Phi) is 3.11. The Balaban J connectivity index is 2.18. The number of carboxylic acids is 1. The van der Waals surface area contributed by atoms with Crippen molar-refractivity contribution in [3.8, 4) is 0 Å². The van der Waals surface area contributed by atoms with Gasteiger partial charge in [0.15, 0.2) is 0 Å². The Hall–Kier alpha value is -1.14. The van der Waals surface area contributed by atoms with Gasteiger partial charge in [-0.3, -0.25) is 14.6 Å². The highest BCUT2D eigenvalue weighted by atomic mass is 16.4. The highest BCUT2D eigenvalue weighted by Crippen LogP contribution is 2.21. The minimum Gasteiger partial charge on any atom is -0.481 e. The molecule has 3 N–H and O–H groups in total. The molecule has 2 rings (SSSR count). The predicted octanol–water partition coefficient (Wildman–Crippen LogP) is -0.742. The molecule has 1 amide bonds. The molecule has 2 saturated heterocycles. The predicted molar refractivity (Wildman–Crippen MR) is 56.2 cm³/mol. The fourth-order valence-electron chi connectivity index (χ4n) is 2.39. The Labute approximate surface area is 94.0 Å². The molecule has 2 aliphatic heterocycles. The molecule has 6 heteroatoms. The van der Waals surface area contributed by atoms with Crippen LogP contribution < -0.4 is 5.73 Å². The number of amides is 1. The number of aliphatic carboxylic acids is 1. The van der Waals surface area contributed by atoms with Crippen LogP contribution in [0.3, 0.4) is 0 Å². The molecule has 0 aromatic heterocycles. The number of nitrogens with two attached hydrogens (primary N) is 1. The van der Waals surface area contributed by atoms with Crippen molar-refractivity contribution in [1.82, 2.24) is 10.0 Å². The number of hydrazine groups is 1. The van der Waals surface area contributed by atoms with E-state index in [0.29, 0.717) is 19.5 Å². The summed E-state index contributed by atoms with van der Waals surface area (Å²) in [6, 6.07) is -0.902. The first-order valence-electron chi connectivity index (χ1n) is 5.66. The van der Waals surface area contributed by atoms with Crippen LogP contribution in [0.1, 0.15) is 19.3 Å². The van der Waals surface area contributed by atoms with Crippen LogP contribution in [0.5, 0.6) is 0 Å². The Bertz CT molecular complexity index is 308. The lowest BCUT2D eigenvalue weighted by molar-refractivity contribution is -0.154. The quantitative estimate of drug-likeness (QED) is 0.616. The summed E-state index contributed by atoms with van der Waals surface area (Å²) in [7, 11) is 0. The van der Waals surface area contributed by atoms with Crippen molar-refractivity contribution in [2.75, 3.05) is 19.6 Å². The van der Waals surface area contributed by atoms with E-state index in [1.807, 2.05) is 5.01 Å². The van der Waals surface area contributed by atoms with Crippen molar-refractivity contribution >= 4 is 11.9 Å². The lowest BCUT2D eigenvalue weighted by Crippen LogP contribution is -2.54. The lowest BCUT2D eigenvalue weighted by Gasteiger charge is -2.37. The molecule has 0 unspecified atom stereocenters. The monoisotopic (exact) mass is 227 g/mol. The number of carbonyl (C=O) groups excluding carboxylic acids is 1. The maximum absolute atomic E-state index is 12.0. The number of fused-ring (bicyclic) bond motifs is 1. The molecule has 90 valence electrons. The fraction of sp³-hybridized carbons (Fsp3) is 0.800. The van der Waals surface area contributed by atoms with Gasteiger partial charge in [0.05, 0.1) is 12.0 Å². The Morgan fingerprint density at radius 3 is 2.69 bits per heavy atom. The van der Waals surface area contributed by atoms with Crippen molar-refractivity contribution in [2.45, 2.75) is 25.3 Å². The Morgan fingerprint density at radius 2 is 2.00 bits per heavy atom. The fourth-order valence-corrected chi connectivity index (χ4v) is 2.39. The molecule has 2 fully saturated rings. The molecular weight excluding hydrogens is 210 g/mol. The topological polar surface area (TPSA) is 86.9 Å². The van der Waals surface area contributed by atoms with E-state index >= 15 is 0 Å². The molecule has 2 atom stereocenters. The van der Waals surface area contributed by atoms with Gasteiger partial charge in [-0.1, -0.05) is 0 Å². The average molecular weight is 227 g/mol. The van der Waals surface area contributed by atoms with E-state index in [1.165, 1.54) is 0 Å². The lowest BCUT2D eigenvalue weighted by atomic mass is 9.97. The summed E-state index contributed by atoms with van der Waals surface area (Å²) in [5.74, 6) is -1.97. The van der Waals surface area contributed by atoms with Crippen LogP contribution in [0.4, 0.5) is 0 Å². The molecule has 0 bridgehead atoms. The second kappa shape index (κ2) is 4.39. The van der Waals surface area contributed by atoms with Crippen LogP contribution >= 0.6 is 0 Å². The number of hydrogen-bond acceptors (Lipinski definition) is 4. The summed E-state index contributed by atoms with van der Waals surface area (Å²) >= 11 is 0. The van der Waals surface area contributed by atoms with Crippen molar-refractivity contribution < 1.29 is 14.7 Å². The Morgan fingerprint density at radius 1 is 1.31 bits per heavy atom. The van der Waals surface area contributed by atoms with Crippen LogP contribution in [0.2, 0.25) is 0 Å². The number of hydrogen-bond donors (Lipinski definition) is 2. The number of rotatable bonds is 1. The molecule has 0 saturated carbocycles. The van der Waals surface area contributed by atoms with Gasteiger partial charge in [0.25, 0.3) is 5.91 Å². The molecule has 0 aliphatic carbocycles. The smallest absolute Gasteiger partial charge is 0.308 e. The first-order valence-corrected chi connectivity index (χ1v) is 5.66. The summed E-state index contributed by atoms with van der Waals surface area (Å²) in [4.78, 5) is 23.0. The molecule has 6 nitrogen and oxygen atoms in total. The van der Waals surface area contributed by atoms with Gasteiger partial charge < -0.3 is 10.8 Å². The number of nitrogens with zero attached hydrogens (tertiary/aromatic N) is 2. The number of carbonyl (C=O) groups is 2. The van der Waals surface area contributed by atoms with Crippen molar-refractivity contribution in [3.63, 3.8) is 0 Å². The van der Waals surface area contributed by atoms with E-state index in [9.17, 15) is 9.59 Å². The SMILES string of the molecule is N[C@@H]1C(=O)N2CCCCN2CC[C@@H]1C(=O)O. The molecule has 0 aromatic carbocycles. The highest BCUT2D eigenvalue weighted by Gasteiger charge is 2.39. The van der Waals surface area contributed by atoms with Gasteiger partial charge in [0.1, 0.15) is 0 Å². The normalized spacial score (nSPS) is 32.1. The maximum atomic E-state index is 12.0. The third-order valence-electron chi connectivity index (χ3n) is 3.37. The summed E-state index contributed by atoms with van der Waals surface area (Å²) in [6.07, 6.45) is 2.46. The summed E-state index contributed by atoms with van der Waals surface area (Å²) in [5, 5.41) is 12.6. The zero-order chi connectivity index (χ0) is 11.7. The zero-order valence-corrected chi connectivity index (χ0v) is 9.13. The molecular formula is C10H17N3O3. The van der Waals surface area contributed by atoms with Crippen LogP contribution in [0.15, 0.2) is 0 Å². The minimum absolute atomic E-state index is 0.246. The molecule has 2 heterocycles. The van der Waals surface area contributed by atoms with Crippen molar-refractivity contribution in [1.29, 1.82) is 0 Å². The zero-order valence-electron chi connectivity index (χ0n) is 9.13. The molecule has 2 aliphatic rings. The molecule has 0 aromatic rings. The van der Waals surface area contributed by atoms with E-state index in [-0.39, 0.29) is 5.91 Å². The first-order chi connectivity index (χ1) is 7.61. The second-order valence-electron chi connectivity index (χ2n) is 4.38. The highest BCUT2D eigenvalue weighted by molar-refractivity contribution is 5.87. The van der Waals surface area contributed by atoms with E-state index in [4.69, 9.17) is 10.8 Å². The largest absolute Gasteiger partial charge is 0.481 e. The van der Waals surface area contributed by atoms with E-state index in [0.717, 1.165) is 19.4 Å². The molecule has 0 spiro atoms.